The Hall–Kier alpha value is -4.23. The highest BCUT2D eigenvalue weighted by atomic mass is 16.2. The summed E-state index contributed by atoms with van der Waals surface area (Å²) in [6.07, 6.45) is 1.99. The molecule has 0 saturated carbocycles. The van der Waals surface area contributed by atoms with Crippen LogP contribution in [0.4, 0.5) is 10.6 Å². The number of fused-ring (bicyclic) bond motifs is 1. The van der Waals surface area contributed by atoms with E-state index in [-0.39, 0.29) is 12.3 Å². The Labute approximate surface area is 210 Å². The maximum atomic E-state index is 12.3. The molecule has 3 heterocycles. The highest BCUT2D eigenvalue weighted by Crippen LogP contribution is 2.31. The van der Waals surface area contributed by atoms with Crippen molar-refractivity contribution < 1.29 is 9.59 Å². The van der Waals surface area contributed by atoms with Crippen molar-refractivity contribution in [3.63, 3.8) is 0 Å². The van der Waals surface area contributed by atoms with Gasteiger partial charge in [-0.25, -0.2) is 9.78 Å². The largest absolute Gasteiger partial charge is 0.329 e. The van der Waals surface area contributed by atoms with E-state index in [9.17, 15) is 9.59 Å². The Kier molecular flexibility index (Phi) is 5.62. The Bertz CT molecular complexity index is 1440. The van der Waals surface area contributed by atoms with Crippen molar-refractivity contribution in [1.82, 2.24) is 19.8 Å². The number of carbonyl (C=O) groups excluding carboxylic acids is 2. The summed E-state index contributed by atoms with van der Waals surface area (Å²) in [5.74, 6) is 1.23. The second-order valence-electron chi connectivity index (χ2n) is 9.45. The predicted molar refractivity (Wildman–Crippen MR) is 139 cm³/mol. The van der Waals surface area contributed by atoms with E-state index in [0.717, 1.165) is 31.0 Å². The maximum Gasteiger partial charge on any atom is 0.329 e. The molecule has 4 aromatic rings. The van der Waals surface area contributed by atoms with Crippen molar-refractivity contribution in [3.8, 4) is 22.5 Å². The minimum atomic E-state index is -0.401. The molecule has 1 aromatic heterocycles. The normalized spacial score (nSPS) is 15.8. The Morgan fingerprint density at radius 1 is 0.861 bits per heavy atom. The Balaban J connectivity index is 1.16. The second kappa shape index (κ2) is 9.09. The van der Waals surface area contributed by atoms with Gasteiger partial charge in [-0.3, -0.25) is 19.9 Å². The van der Waals surface area contributed by atoms with Crippen molar-refractivity contribution in [2.75, 3.05) is 11.4 Å². The number of amides is 3. The van der Waals surface area contributed by atoms with Crippen molar-refractivity contribution >= 4 is 17.8 Å². The average Bonchev–Trinajstić information content (AvgIpc) is 3.47. The van der Waals surface area contributed by atoms with Gasteiger partial charge in [0.25, 0.3) is 0 Å². The molecule has 180 valence electrons. The molecule has 1 N–H and O–H groups in total. The number of rotatable bonds is 5. The average molecular weight is 478 g/mol. The van der Waals surface area contributed by atoms with Gasteiger partial charge in [0.05, 0.1) is 6.20 Å². The molecule has 3 aromatic carbocycles. The molecule has 0 aliphatic carbocycles. The third kappa shape index (κ3) is 4.18. The van der Waals surface area contributed by atoms with E-state index in [2.05, 4.69) is 81.9 Å². The first kappa shape index (κ1) is 22.2. The third-order valence-corrected chi connectivity index (χ3v) is 7.01. The summed E-state index contributed by atoms with van der Waals surface area (Å²) < 4.78 is 1.91. The fraction of sp³-hybridized carbons (Fsp3) is 0.207. The minimum absolute atomic E-state index is 0.242. The number of anilines is 1. The summed E-state index contributed by atoms with van der Waals surface area (Å²) in [5, 5.41) is 2.38. The molecule has 1 fully saturated rings. The van der Waals surface area contributed by atoms with Gasteiger partial charge in [-0.1, -0.05) is 66.7 Å². The van der Waals surface area contributed by atoms with E-state index < -0.39 is 6.03 Å². The fourth-order valence-corrected chi connectivity index (χ4v) is 5.11. The summed E-state index contributed by atoms with van der Waals surface area (Å²) in [6.45, 7) is 3.06. The van der Waals surface area contributed by atoms with Gasteiger partial charge in [0.2, 0.25) is 5.91 Å². The number of imidazole rings is 1. The molecule has 3 amide bonds. The van der Waals surface area contributed by atoms with E-state index in [1.165, 1.54) is 27.8 Å². The third-order valence-electron chi connectivity index (χ3n) is 7.01. The summed E-state index contributed by atoms with van der Waals surface area (Å²) in [4.78, 5) is 32.4. The van der Waals surface area contributed by atoms with E-state index >= 15 is 0 Å². The zero-order chi connectivity index (χ0) is 24.6. The summed E-state index contributed by atoms with van der Waals surface area (Å²) in [7, 11) is 1.90. The number of aromatic nitrogens is 2. The Morgan fingerprint density at radius 2 is 1.58 bits per heavy atom. The van der Waals surface area contributed by atoms with Crippen LogP contribution in [0.5, 0.6) is 0 Å². The highest BCUT2D eigenvalue weighted by molar-refractivity contribution is 6.05. The van der Waals surface area contributed by atoms with Crippen molar-refractivity contribution in [2.24, 2.45) is 7.05 Å². The topological polar surface area (TPSA) is 70.5 Å². The Morgan fingerprint density at radius 3 is 2.36 bits per heavy atom. The fourth-order valence-electron chi connectivity index (χ4n) is 5.11. The number of benzene rings is 3. The summed E-state index contributed by atoms with van der Waals surface area (Å²) in [6, 6.07) is 25.4. The standard InChI is InChI=1S/C29H27N5O2/c1-32-27(34-14-13-26(35)31-29(34)36)16-30-28(32)23-11-12-24-18-33(19-25(24)15-23)17-20-7-9-22(10-8-20)21-5-3-2-4-6-21/h2-12,15-16H,13-14,17-19H2,1H3,(H,31,35,36). The molecule has 0 atom stereocenters. The predicted octanol–water partition coefficient (Wildman–Crippen LogP) is 4.72. The van der Waals surface area contributed by atoms with Gasteiger partial charge < -0.3 is 4.57 Å². The number of carbonyl (C=O) groups is 2. The molecule has 2 aliphatic rings. The van der Waals surface area contributed by atoms with Gasteiger partial charge in [0.15, 0.2) is 0 Å². The lowest BCUT2D eigenvalue weighted by atomic mass is 10.0. The van der Waals surface area contributed by atoms with Crippen LogP contribution in [0.15, 0.2) is 79.0 Å². The molecule has 0 bridgehead atoms. The molecule has 2 aliphatic heterocycles. The van der Waals surface area contributed by atoms with Gasteiger partial charge in [0.1, 0.15) is 11.6 Å². The van der Waals surface area contributed by atoms with Gasteiger partial charge in [-0.2, -0.15) is 0 Å². The van der Waals surface area contributed by atoms with Crippen molar-refractivity contribution in [2.45, 2.75) is 26.1 Å². The summed E-state index contributed by atoms with van der Waals surface area (Å²) in [5.41, 5.74) is 7.43. The number of imide groups is 1. The zero-order valence-corrected chi connectivity index (χ0v) is 20.1. The lowest BCUT2D eigenvalue weighted by molar-refractivity contribution is -0.120. The summed E-state index contributed by atoms with van der Waals surface area (Å²) >= 11 is 0. The number of nitrogens with zero attached hydrogens (tertiary/aromatic N) is 4. The molecule has 36 heavy (non-hydrogen) atoms. The highest BCUT2D eigenvalue weighted by Gasteiger charge is 2.27. The smallest absolute Gasteiger partial charge is 0.314 e. The lowest BCUT2D eigenvalue weighted by Gasteiger charge is -2.26. The van der Waals surface area contributed by atoms with Crippen molar-refractivity contribution in [1.29, 1.82) is 0 Å². The van der Waals surface area contributed by atoms with E-state index in [1.54, 1.807) is 11.1 Å². The van der Waals surface area contributed by atoms with Gasteiger partial charge >= 0.3 is 6.03 Å². The quantitative estimate of drug-likeness (QED) is 0.452. The zero-order valence-electron chi connectivity index (χ0n) is 20.1. The van der Waals surface area contributed by atoms with Crippen LogP contribution in [0.3, 0.4) is 0 Å². The van der Waals surface area contributed by atoms with Crippen LogP contribution in [0.2, 0.25) is 0 Å². The molecule has 7 nitrogen and oxygen atoms in total. The minimum Gasteiger partial charge on any atom is -0.314 e. The number of hydrogen-bond donors (Lipinski definition) is 1. The molecular formula is C29H27N5O2. The molecule has 0 unspecified atom stereocenters. The van der Waals surface area contributed by atoms with E-state index in [0.29, 0.717) is 12.4 Å². The number of hydrogen-bond acceptors (Lipinski definition) is 4. The van der Waals surface area contributed by atoms with Crippen molar-refractivity contribution in [3.05, 3.63) is 95.7 Å². The van der Waals surface area contributed by atoms with Gasteiger partial charge in [-0.05, 0) is 33.9 Å². The second-order valence-corrected chi connectivity index (χ2v) is 9.45. The maximum absolute atomic E-state index is 12.3. The number of urea groups is 1. The molecule has 0 spiro atoms. The van der Waals surface area contributed by atoms with Gasteiger partial charge in [0, 0.05) is 45.2 Å². The van der Waals surface area contributed by atoms with Crippen LogP contribution >= 0.6 is 0 Å². The van der Waals surface area contributed by atoms with Crippen LogP contribution in [-0.2, 0) is 31.5 Å². The first-order valence-electron chi connectivity index (χ1n) is 12.2. The van der Waals surface area contributed by atoms with Crippen LogP contribution in [0.25, 0.3) is 22.5 Å². The van der Waals surface area contributed by atoms with Gasteiger partial charge in [-0.15, -0.1) is 0 Å². The van der Waals surface area contributed by atoms with Crippen LogP contribution in [0.1, 0.15) is 23.1 Å². The lowest BCUT2D eigenvalue weighted by Crippen LogP contribution is -2.50. The molecular weight excluding hydrogens is 450 g/mol. The van der Waals surface area contributed by atoms with Crippen LogP contribution in [0, 0.1) is 0 Å². The monoisotopic (exact) mass is 477 g/mol. The van der Waals surface area contributed by atoms with E-state index in [1.807, 2.05) is 17.7 Å². The first-order valence-corrected chi connectivity index (χ1v) is 12.2. The van der Waals surface area contributed by atoms with Crippen LogP contribution in [-0.4, -0.2) is 32.9 Å². The molecule has 7 heteroatoms. The first-order chi connectivity index (χ1) is 17.5. The SMILES string of the molecule is Cn1c(N2CCC(=O)NC2=O)cnc1-c1ccc2c(c1)CN(Cc1ccc(-c3ccccc3)cc1)C2. The molecule has 1 saturated heterocycles. The number of nitrogens with one attached hydrogen (secondary N) is 1. The molecule has 6 rings (SSSR count). The van der Waals surface area contributed by atoms with E-state index in [4.69, 9.17) is 0 Å². The molecule has 0 radical (unpaired) electrons. The van der Waals surface area contributed by atoms with Crippen LogP contribution < -0.4 is 10.2 Å².